The second kappa shape index (κ2) is 11.4. The molecule has 0 rings (SSSR count). The summed E-state index contributed by atoms with van der Waals surface area (Å²) in [5.41, 5.74) is 0. The molecule has 0 aromatic heterocycles. The molecule has 0 unspecified atom stereocenters. The standard InChI is InChI=1S/C13H25NO3/c1-3-5-6-7-8-9-10-12(15)14-11-13(16)17-4-2/h3-11H2,1-2H3,(H,14,15). The molecule has 0 atom stereocenters. The number of amides is 1. The lowest BCUT2D eigenvalue weighted by molar-refractivity contribution is -0.143. The number of carbonyl (C=O) groups excluding carboxylic acids is 2. The van der Waals surface area contributed by atoms with Crippen LogP contribution in [0.4, 0.5) is 0 Å². The number of esters is 1. The van der Waals surface area contributed by atoms with Crippen molar-refractivity contribution in [2.45, 2.75) is 58.8 Å². The van der Waals surface area contributed by atoms with E-state index in [0.29, 0.717) is 13.0 Å². The van der Waals surface area contributed by atoms with Crippen LogP contribution in [0, 0.1) is 0 Å². The Morgan fingerprint density at radius 1 is 1.00 bits per heavy atom. The van der Waals surface area contributed by atoms with Crippen LogP contribution in [-0.2, 0) is 14.3 Å². The molecule has 1 amide bonds. The predicted molar refractivity (Wildman–Crippen MR) is 67.6 cm³/mol. The monoisotopic (exact) mass is 243 g/mol. The molecule has 0 radical (unpaired) electrons. The first-order chi connectivity index (χ1) is 8.20. The van der Waals surface area contributed by atoms with Crippen LogP contribution >= 0.6 is 0 Å². The number of rotatable bonds is 10. The molecule has 4 heteroatoms. The lowest BCUT2D eigenvalue weighted by atomic mass is 10.1. The highest BCUT2D eigenvalue weighted by molar-refractivity contribution is 5.81. The summed E-state index contributed by atoms with van der Waals surface area (Å²) in [6.07, 6.45) is 7.45. The van der Waals surface area contributed by atoms with E-state index in [2.05, 4.69) is 12.2 Å². The van der Waals surface area contributed by atoms with Gasteiger partial charge in [0.2, 0.25) is 5.91 Å². The van der Waals surface area contributed by atoms with Crippen molar-refractivity contribution in [1.82, 2.24) is 5.32 Å². The van der Waals surface area contributed by atoms with E-state index < -0.39 is 0 Å². The Bertz CT molecular complexity index is 217. The Balaban J connectivity index is 3.31. The number of nitrogens with one attached hydrogen (secondary N) is 1. The largest absolute Gasteiger partial charge is 0.465 e. The van der Waals surface area contributed by atoms with Gasteiger partial charge in [-0.1, -0.05) is 39.0 Å². The first-order valence-corrected chi connectivity index (χ1v) is 6.63. The van der Waals surface area contributed by atoms with Crippen LogP contribution in [0.15, 0.2) is 0 Å². The van der Waals surface area contributed by atoms with Crippen LogP contribution in [-0.4, -0.2) is 25.0 Å². The van der Waals surface area contributed by atoms with E-state index in [-0.39, 0.29) is 18.4 Å². The Labute approximate surface area is 104 Å². The molecule has 100 valence electrons. The molecule has 0 spiro atoms. The maximum absolute atomic E-state index is 11.3. The zero-order valence-electron chi connectivity index (χ0n) is 11.1. The molecule has 0 saturated carbocycles. The maximum Gasteiger partial charge on any atom is 0.325 e. The van der Waals surface area contributed by atoms with Gasteiger partial charge in [-0.2, -0.15) is 0 Å². The maximum atomic E-state index is 11.3. The fraction of sp³-hybridized carbons (Fsp3) is 0.846. The minimum absolute atomic E-state index is 0.0114. The second-order valence-electron chi connectivity index (χ2n) is 4.10. The average Bonchev–Trinajstić information content (AvgIpc) is 2.31. The van der Waals surface area contributed by atoms with Crippen LogP contribution in [0.5, 0.6) is 0 Å². The van der Waals surface area contributed by atoms with Crippen LogP contribution in [0.1, 0.15) is 58.8 Å². The number of ether oxygens (including phenoxy) is 1. The molecule has 17 heavy (non-hydrogen) atoms. The minimum atomic E-state index is -0.371. The third-order valence-electron chi connectivity index (χ3n) is 2.49. The summed E-state index contributed by atoms with van der Waals surface area (Å²) in [6, 6.07) is 0. The number of unbranched alkanes of at least 4 members (excludes halogenated alkanes) is 5. The van der Waals surface area contributed by atoms with Gasteiger partial charge in [0.1, 0.15) is 6.54 Å². The van der Waals surface area contributed by atoms with Crippen LogP contribution in [0.25, 0.3) is 0 Å². The van der Waals surface area contributed by atoms with Crippen molar-refractivity contribution in [1.29, 1.82) is 0 Å². The fourth-order valence-electron chi connectivity index (χ4n) is 1.54. The third-order valence-corrected chi connectivity index (χ3v) is 2.49. The fourth-order valence-corrected chi connectivity index (χ4v) is 1.54. The average molecular weight is 243 g/mol. The van der Waals surface area contributed by atoms with E-state index in [0.717, 1.165) is 12.8 Å². The van der Waals surface area contributed by atoms with Crippen molar-refractivity contribution in [3.05, 3.63) is 0 Å². The first kappa shape index (κ1) is 15.9. The van der Waals surface area contributed by atoms with Gasteiger partial charge in [-0.25, -0.2) is 0 Å². The molecule has 0 aliphatic rings. The smallest absolute Gasteiger partial charge is 0.325 e. The van der Waals surface area contributed by atoms with Crippen molar-refractivity contribution in [2.75, 3.05) is 13.2 Å². The van der Waals surface area contributed by atoms with Crippen molar-refractivity contribution in [3.8, 4) is 0 Å². The number of carbonyl (C=O) groups is 2. The van der Waals surface area contributed by atoms with E-state index >= 15 is 0 Å². The highest BCUT2D eigenvalue weighted by Crippen LogP contribution is 2.06. The molecule has 0 heterocycles. The van der Waals surface area contributed by atoms with Crippen molar-refractivity contribution >= 4 is 11.9 Å². The van der Waals surface area contributed by atoms with E-state index in [9.17, 15) is 9.59 Å². The highest BCUT2D eigenvalue weighted by Gasteiger charge is 2.05. The summed E-state index contributed by atoms with van der Waals surface area (Å²) in [5.74, 6) is -0.433. The second-order valence-corrected chi connectivity index (χ2v) is 4.10. The molecule has 1 N–H and O–H groups in total. The van der Waals surface area contributed by atoms with Crippen LogP contribution in [0.3, 0.4) is 0 Å². The van der Waals surface area contributed by atoms with Crippen molar-refractivity contribution in [2.24, 2.45) is 0 Å². The molecule has 0 aliphatic heterocycles. The van der Waals surface area contributed by atoms with E-state index in [1.165, 1.54) is 25.7 Å². The summed E-state index contributed by atoms with van der Waals surface area (Å²) in [6.45, 7) is 4.27. The summed E-state index contributed by atoms with van der Waals surface area (Å²) in [5, 5.41) is 2.56. The predicted octanol–water partition coefficient (Wildman–Crippen LogP) is 2.42. The zero-order valence-corrected chi connectivity index (χ0v) is 11.1. The van der Waals surface area contributed by atoms with Crippen molar-refractivity contribution in [3.63, 3.8) is 0 Å². The molecule has 0 bridgehead atoms. The lowest BCUT2D eigenvalue weighted by Gasteiger charge is -2.04. The first-order valence-electron chi connectivity index (χ1n) is 6.63. The lowest BCUT2D eigenvalue weighted by Crippen LogP contribution is -2.30. The summed E-state index contributed by atoms with van der Waals surface area (Å²) in [4.78, 5) is 22.3. The third kappa shape index (κ3) is 11.2. The minimum Gasteiger partial charge on any atom is -0.465 e. The topological polar surface area (TPSA) is 55.4 Å². The van der Waals surface area contributed by atoms with E-state index in [1.54, 1.807) is 6.92 Å². The summed E-state index contributed by atoms with van der Waals surface area (Å²) < 4.78 is 4.71. The van der Waals surface area contributed by atoms with Gasteiger partial charge in [0, 0.05) is 6.42 Å². The Morgan fingerprint density at radius 3 is 2.29 bits per heavy atom. The molecule has 0 aliphatic carbocycles. The van der Waals surface area contributed by atoms with Crippen LogP contribution < -0.4 is 5.32 Å². The van der Waals surface area contributed by atoms with Gasteiger partial charge >= 0.3 is 5.97 Å². The van der Waals surface area contributed by atoms with Gasteiger partial charge < -0.3 is 10.1 Å². The van der Waals surface area contributed by atoms with Gasteiger partial charge in [0.25, 0.3) is 0 Å². The SMILES string of the molecule is CCCCCCCCC(=O)NCC(=O)OCC. The quantitative estimate of drug-likeness (QED) is 0.473. The van der Waals surface area contributed by atoms with Crippen molar-refractivity contribution < 1.29 is 14.3 Å². The summed E-state index contributed by atoms with van der Waals surface area (Å²) >= 11 is 0. The zero-order chi connectivity index (χ0) is 12.9. The number of hydrogen-bond acceptors (Lipinski definition) is 3. The Morgan fingerprint density at radius 2 is 1.65 bits per heavy atom. The van der Waals surface area contributed by atoms with Gasteiger partial charge in [0.15, 0.2) is 0 Å². The molecule has 4 nitrogen and oxygen atoms in total. The Hall–Kier alpha value is -1.06. The van der Waals surface area contributed by atoms with Gasteiger partial charge in [-0.3, -0.25) is 9.59 Å². The molecule has 0 aromatic carbocycles. The molecule has 0 aromatic rings. The van der Waals surface area contributed by atoms with Gasteiger partial charge in [-0.05, 0) is 13.3 Å². The molecule has 0 saturated heterocycles. The number of hydrogen-bond donors (Lipinski definition) is 1. The van der Waals surface area contributed by atoms with E-state index in [1.807, 2.05) is 0 Å². The highest BCUT2D eigenvalue weighted by atomic mass is 16.5. The molecular formula is C13H25NO3. The van der Waals surface area contributed by atoms with Gasteiger partial charge in [-0.15, -0.1) is 0 Å². The molecular weight excluding hydrogens is 218 g/mol. The Kier molecular flexibility index (Phi) is 10.7. The molecule has 0 fully saturated rings. The summed E-state index contributed by atoms with van der Waals surface area (Å²) in [7, 11) is 0. The van der Waals surface area contributed by atoms with Crippen LogP contribution in [0.2, 0.25) is 0 Å². The van der Waals surface area contributed by atoms with E-state index in [4.69, 9.17) is 4.74 Å². The normalized spacial score (nSPS) is 10.0. The van der Waals surface area contributed by atoms with Gasteiger partial charge in [0.05, 0.1) is 6.61 Å².